The molecule has 0 N–H and O–H groups in total. The molecule has 0 spiro atoms. The van der Waals surface area contributed by atoms with Gasteiger partial charge in [-0.05, 0) is 43.0 Å². The number of fused-ring (bicyclic) bond motifs is 1. The van der Waals surface area contributed by atoms with E-state index < -0.39 is 0 Å². The number of hydrogen-bond acceptors (Lipinski definition) is 5. The van der Waals surface area contributed by atoms with E-state index in [-0.39, 0.29) is 11.2 Å². The molecule has 7 heteroatoms. The van der Waals surface area contributed by atoms with Crippen LogP contribution < -0.4 is 0 Å². The molecule has 5 rings (SSSR count). The minimum absolute atomic E-state index is 0.129. The summed E-state index contributed by atoms with van der Waals surface area (Å²) in [5.74, 6) is 1.67. The summed E-state index contributed by atoms with van der Waals surface area (Å²) in [7, 11) is 0. The van der Waals surface area contributed by atoms with Crippen molar-refractivity contribution in [3.05, 3.63) is 89.4 Å². The molecule has 2 aromatic carbocycles. The van der Waals surface area contributed by atoms with Crippen LogP contribution in [0, 0.1) is 6.92 Å². The van der Waals surface area contributed by atoms with Crippen molar-refractivity contribution in [3.63, 3.8) is 0 Å². The Morgan fingerprint density at radius 1 is 1.06 bits per heavy atom. The highest BCUT2D eigenvalue weighted by molar-refractivity contribution is 8.00. The summed E-state index contributed by atoms with van der Waals surface area (Å²) >= 11 is 1.46. The van der Waals surface area contributed by atoms with Crippen molar-refractivity contribution in [1.82, 2.24) is 19.7 Å². The summed E-state index contributed by atoms with van der Waals surface area (Å²) < 4.78 is 7.59. The van der Waals surface area contributed by atoms with Crippen molar-refractivity contribution >= 4 is 17.7 Å². The summed E-state index contributed by atoms with van der Waals surface area (Å²) in [6.07, 6.45) is 2.56. The topological polar surface area (TPSA) is 64.2 Å². The first-order chi connectivity index (χ1) is 16.1. The fourth-order valence-electron chi connectivity index (χ4n) is 4.25. The van der Waals surface area contributed by atoms with Gasteiger partial charge in [0.25, 0.3) is 0 Å². The van der Waals surface area contributed by atoms with Gasteiger partial charge < -0.3 is 9.32 Å². The molecular formula is C26H26N4O2S. The fraction of sp³-hybridized carbons (Fsp3) is 0.269. The van der Waals surface area contributed by atoms with Gasteiger partial charge in [-0.1, -0.05) is 66.4 Å². The average molecular weight is 459 g/mol. The van der Waals surface area contributed by atoms with Crippen LogP contribution in [-0.4, -0.2) is 37.4 Å². The highest BCUT2D eigenvalue weighted by Gasteiger charge is 2.27. The van der Waals surface area contributed by atoms with Gasteiger partial charge in [0, 0.05) is 13.1 Å². The monoisotopic (exact) mass is 458 g/mol. The number of aryl methyl sites for hydroxylation is 1. The van der Waals surface area contributed by atoms with E-state index in [4.69, 9.17) is 4.42 Å². The Morgan fingerprint density at radius 2 is 1.82 bits per heavy atom. The second-order valence-corrected chi connectivity index (χ2v) is 9.61. The molecule has 168 valence electrons. The zero-order valence-corrected chi connectivity index (χ0v) is 19.6. The van der Waals surface area contributed by atoms with Crippen LogP contribution in [0.4, 0.5) is 0 Å². The maximum atomic E-state index is 13.3. The number of carbonyl (C=O) groups is 1. The van der Waals surface area contributed by atoms with E-state index in [1.807, 2.05) is 49.1 Å². The standard InChI is InChI=1S/C26H26N4O2S/c1-18-23(13-15-32-18)24-27-28-26(30(24)16-20-8-4-3-5-9-20)33-19(2)25(31)29-14-12-21-10-6-7-11-22(21)17-29/h3-11,13,15,19H,12,14,16-17H2,1-2H3. The van der Waals surface area contributed by atoms with Crippen molar-refractivity contribution < 1.29 is 9.21 Å². The van der Waals surface area contributed by atoms with Crippen molar-refractivity contribution in [2.75, 3.05) is 6.54 Å². The Hall–Kier alpha value is -3.32. The van der Waals surface area contributed by atoms with E-state index in [0.29, 0.717) is 13.1 Å². The maximum Gasteiger partial charge on any atom is 0.236 e. The van der Waals surface area contributed by atoms with Crippen molar-refractivity contribution in [2.24, 2.45) is 0 Å². The smallest absolute Gasteiger partial charge is 0.236 e. The van der Waals surface area contributed by atoms with E-state index in [0.717, 1.165) is 40.8 Å². The van der Waals surface area contributed by atoms with Gasteiger partial charge in [0.1, 0.15) is 5.76 Å². The second kappa shape index (κ2) is 9.27. The number of benzene rings is 2. The Balaban J connectivity index is 1.39. The second-order valence-electron chi connectivity index (χ2n) is 8.31. The van der Waals surface area contributed by atoms with E-state index in [1.54, 1.807) is 6.26 Å². The number of aromatic nitrogens is 3. The van der Waals surface area contributed by atoms with Crippen LogP contribution in [0.2, 0.25) is 0 Å². The lowest BCUT2D eigenvalue weighted by atomic mass is 10.00. The van der Waals surface area contributed by atoms with Gasteiger partial charge >= 0.3 is 0 Å². The third-order valence-electron chi connectivity index (χ3n) is 6.07. The summed E-state index contributed by atoms with van der Waals surface area (Å²) in [6, 6.07) is 20.5. The highest BCUT2D eigenvalue weighted by atomic mass is 32.2. The number of hydrogen-bond donors (Lipinski definition) is 0. The zero-order chi connectivity index (χ0) is 22.8. The van der Waals surface area contributed by atoms with Crippen LogP contribution in [0.5, 0.6) is 0 Å². The van der Waals surface area contributed by atoms with Crippen molar-refractivity contribution in [2.45, 2.75) is 43.8 Å². The van der Waals surface area contributed by atoms with Crippen LogP contribution in [-0.2, 0) is 24.3 Å². The molecule has 3 heterocycles. The number of furan rings is 1. The molecule has 0 fully saturated rings. The van der Waals surface area contributed by atoms with Gasteiger partial charge in [0.15, 0.2) is 11.0 Å². The number of nitrogens with zero attached hydrogens (tertiary/aromatic N) is 4. The average Bonchev–Trinajstić information content (AvgIpc) is 3.44. The third-order valence-corrected chi connectivity index (χ3v) is 7.14. The van der Waals surface area contributed by atoms with Gasteiger partial charge in [-0.3, -0.25) is 9.36 Å². The van der Waals surface area contributed by atoms with Crippen molar-refractivity contribution in [3.8, 4) is 11.4 Å². The molecule has 1 amide bonds. The molecule has 0 saturated carbocycles. The lowest BCUT2D eigenvalue weighted by Gasteiger charge is -2.30. The quantitative estimate of drug-likeness (QED) is 0.382. The molecule has 1 unspecified atom stereocenters. The van der Waals surface area contributed by atoms with Crippen LogP contribution in [0.15, 0.2) is 76.5 Å². The SMILES string of the molecule is Cc1occc1-c1nnc(SC(C)C(=O)N2CCc3ccccc3C2)n1Cc1ccccc1. The summed E-state index contributed by atoms with van der Waals surface area (Å²) in [4.78, 5) is 15.3. The van der Waals surface area contributed by atoms with E-state index in [1.165, 1.54) is 22.9 Å². The summed E-state index contributed by atoms with van der Waals surface area (Å²) in [5, 5.41) is 9.41. The maximum absolute atomic E-state index is 13.3. The molecule has 0 saturated heterocycles. The largest absolute Gasteiger partial charge is 0.469 e. The summed E-state index contributed by atoms with van der Waals surface area (Å²) in [5.41, 5.74) is 4.63. The minimum Gasteiger partial charge on any atom is -0.469 e. The number of rotatable bonds is 6. The fourth-order valence-corrected chi connectivity index (χ4v) is 5.18. The number of amides is 1. The summed E-state index contributed by atoms with van der Waals surface area (Å²) in [6.45, 7) is 5.91. The molecule has 2 aromatic heterocycles. The van der Waals surface area contributed by atoms with Crippen LogP contribution >= 0.6 is 11.8 Å². The lowest BCUT2D eigenvalue weighted by Crippen LogP contribution is -2.40. The first-order valence-electron chi connectivity index (χ1n) is 11.1. The Kier molecular flexibility index (Phi) is 6.05. The van der Waals surface area contributed by atoms with E-state index in [9.17, 15) is 4.79 Å². The third kappa shape index (κ3) is 4.46. The lowest BCUT2D eigenvalue weighted by molar-refractivity contribution is -0.131. The highest BCUT2D eigenvalue weighted by Crippen LogP contribution is 2.31. The molecule has 33 heavy (non-hydrogen) atoms. The first kappa shape index (κ1) is 21.5. The number of thioether (sulfide) groups is 1. The predicted molar refractivity (Wildman–Crippen MR) is 129 cm³/mol. The van der Waals surface area contributed by atoms with Gasteiger partial charge in [0.2, 0.25) is 5.91 Å². The zero-order valence-electron chi connectivity index (χ0n) is 18.8. The molecule has 0 aliphatic carbocycles. The molecule has 0 radical (unpaired) electrons. The predicted octanol–water partition coefficient (Wildman–Crippen LogP) is 4.96. The van der Waals surface area contributed by atoms with Gasteiger partial charge in [-0.15, -0.1) is 10.2 Å². The molecule has 1 atom stereocenters. The molecule has 1 aliphatic heterocycles. The Labute approximate surface area is 197 Å². The van der Waals surface area contributed by atoms with Crippen LogP contribution in [0.3, 0.4) is 0 Å². The van der Waals surface area contributed by atoms with E-state index in [2.05, 4.69) is 45.1 Å². The Bertz CT molecular complexity index is 1260. The molecule has 1 aliphatic rings. The van der Waals surface area contributed by atoms with Gasteiger partial charge in [0.05, 0.1) is 23.6 Å². The van der Waals surface area contributed by atoms with Crippen LogP contribution in [0.25, 0.3) is 11.4 Å². The van der Waals surface area contributed by atoms with E-state index >= 15 is 0 Å². The Morgan fingerprint density at radius 3 is 2.58 bits per heavy atom. The normalized spacial score (nSPS) is 14.2. The van der Waals surface area contributed by atoms with Gasteiger partial charge in [-0.25, -0.2) is 0 Å². The minimum atomic E-state index is -0.271. The first-order valence-corrected chi connectivity index (χ1v) is 12.0. The molecule has 0 bridgehead atoms. The molecule has 6 nitrogen and oxygen atoms in total. The van der Waals surface area contributed by atoms with Crippen molar-refractivity contribution in [1.29, 1.82) is 0 Å². The van der Waals surface area contributed by atoms with Gasteiger partial charge in [-0.2, -0.15) is 0 Å². The number of carbonyl (C=O) groups excluding carboxylic acids is 1. The molecular weight excluding hydrogens is 432 g/mol. The van der Waals surface area contributed by atoms with Crippen LogP contribution in [0.1, 0.15) is 29.4 Å². The molecule has 4 aromatic rings.